The van der Waals surface area contributed by atoms with Gasteiger partial charge in [-0.1, -0.05) is 36.6 Å². The fourth-order valence-corrected chi connectivity index (χ4v) is 3.47. The molecule has 1 aliphatic carbocycles. The molecule has 1 heterocycles. The third-order valence-corrected chi connectivity index (χ3v) is 4.85. The highest BCUT2D eigenvalue weighted by Gasteiger charge is 2.42. The number of hydrogen-bond acceptors (Lipinski definition) is 3. The highest BCUT2D eigenvalue weighted by atomic mass is 35.5. The van der Waals surface area contributed by atoms with Gasteiger partial charge in [0.15, 0.2) is 0 Å². The minimum Gasteiger partial charge on any atom is -0.355 e. The third-order valence-electron chi connectivity index (χ3n) is 4.60. The van der Waals surface area contributed by atoms with Crippen molar-refractivity contribution in [2.75, 3.05) is 6.54 Å². The highest BCUT2D eigenvalue weighted by molar-refractivity contribution is 6.30. The number of aromatic nitrogens is 2. The molecule has 1 aromatic carbocycles. The molecule has 0 spiro atoms. The van der Waals surface area contributed by atoms with Crippen LogP contribution in [0.1, 0.15) is 36.8 Å². The van der Waals surface area contributed by atoms with E-state index in [1.165, 1.54) is 6.33 Å². The van der Waals surface area contributed by atoms with E-state index in [1.807, 2.05) is 24.3 Å². The summed E-state index contributed by atoms with van der Waals surface area (Å²) in [5.41, 5.74) is 1.69. The van der Waals surface area contributed by atoms with Gasteiger partial charge in [-0.3, -0.25) is 4.79 Å². The fourth-order valence-electron chi connectivity index (χ4n) is 3.34. The number of halogens is 1. The quantitative estimate of drug-likeness (QED) is 0.915. The number of amides is 1. The van der Waals surface area contributed by atoms with Crippen molar-refractivity contribution in [1.29, 1.82) is 0 Å². The molecule has 1 N–H and O–H groups in total. The van der Waals surface area contributed by atoms with Crippen molar-refractivity contribution in [3.05, 3.63) is 59.1 Å². The van der Waals surface area contributed by atoms with Gasteiger partial charge in [0, 0.05) is 24.0 Å². The molecule has 1 saturated carbocycles. The Balaban J connectivity index is 1.68. The number of nitrogens with one attached hydrogen (secondary N) is 1. The molecule has 0 atom stereocenters. The number of nitrogens with zero attached hydrogens (tertiary/aromatic N) is 2. The van der Waals surface area contributed by atoms with Crippen LogP contribution in [-0.2, 0) is 16.6 Å². The summed E-state index contributed by atoms with van der Waals surface area (Å²) in [6.45, 7) is 0.599. The Morgan fingerprint density at radius 1 is 1.13 bits per heavy atom. The van der Waals surface area contributed by atoms with Gasteiger partial charge in [0.25, 0.3) is 0 Å². The molecule has 1 fully saturated rings. The largest absolute Gasteiger partial charge is 0.355 e. The average Bonchev–Trinajstić information content (AvgIpc) is 3.07. The van der Waals surface area contributed by atoms with Crippen LogP contribution in [0.4, 0.5) is 0 Å². The number of hydrogen-bond donors (Lipinski definition) is 1. The molecule has 0 saturated heterocycles. The van der Waals surface area contributed by atoms with Crippen LogP contribution in [-0.4, -0.2) is 22.4 Å². The molecule has 1 aliphatic rings. The number of carbonyl (C=O) groups excluding carboxylic acids is 1. The maximum Gasteiger partial charge on any atom is 0.230 e. The Morgan fingerprint density at radius 2 is 1.78 bits per heavy atom. The van der Waals surface area contributed by atoms with E-state index in [2.05, 4.69) is 15.3 Å². The molecule has 2 aromatic rings. The maximum absolute atomic E-state index is 12.9. The smallest absolute Gasteiger partial charge is 0.230 e. The molecular weight excluding hydrogens is 310 g/mol. The SMILES string of the molecule is O=C(NCCc1cncnc1)C1(c2ccc(Cl)cc2)CCCC1. The Hall–Kier alpha value is -1.94. The van der Waals surface area contributed by atoms with Crippen LogP contribution in [0.25, 0.3) is 0 Å². The zero-order valence-corrected chi connectivity index (χ0v) is 13.7. The minimum atomic E-state index is -0.405. The van der Waals surface area contributed by atoms with Gasteiger partial charge < -0.3 is 5.32 Å². The van der Waals surface area contributed by atoms with Crippen LogP contribution < -0.4 is 5.32 Å². The lowest BCUT2D eigenvalue weighted by molar-refractivity contribution is -0.126. The zero-order valence-electron chi connectivity index (χ0n) is 13.0. The third kappa shape index (κ3) is 3.53. The van der Waals surface area contributed by atoms with Gasteiger partial charge in [0.05, 0.1) is 5.41 Å². The molecule has 5 heteroatoms. The summed E-state index contributed by atoms with van der Waals surface area (Å²) in [7, 11) is 0. The van der Waals surface area contributed by atoms with Gasteiger partial charge in [-0.15, -0.1) is 0 Å². The van der Waals surface area contributed by atoms with Crippen molar-refractivity contribution >= 4 is 17.5 Å². The molecule has 3 rings (SSSR count). The molecule has 1 amide bonds. The number of benzene rings is 1. The van der Waals surface area contributed by atoms with E-state index >= 15 is 0 Å². The Bertz CT molecular complexity index is 652. The van der Waals surface area contributed by atoms with Gasteiger partial charge in [0.2, 0.25) is 5.91 Å². The van der Waals surface area contributed by atoms with Gasteiger partial charge in [-0.05, 0) is 42.5 Å². The van der Waals surface area contributed by atoms with Crippen molar-refractivity contribution in [2.24, 2.45) is 0 Å². The van der Waals surface area contributed by atoms with E-state index in [0.29, 0.717) is 11.6 Å². The summed E-state index contributed by atoms with van der Waals surface area (Å²) in [6.07, 6.45) is 9.78. The molecule has 1 aromatic heterocycles. The molecule has 4 nitrogen and oxygen atoms in total. The lowest BCUT2D eigenvalue weighted by Crippen LogP contribution is -2.43. The maximum atomic E-state index is 12.9. The second kappa shape index (κ2) is 7.09. The lowest BCUT2D eigenvalue weighted by Gasteiger charge is -2.28. The van der Waals surface area contributed by atoms with Crippen LogP contribution in [0.3, 0.4) is 0 Å². The van der Waals surface area contributed by atoms with Crippen molar-refractivity contribution in [2.45, 2.75) is 37.5 Å². The number of carbonyl (C=O) groups is 1. The van der Waals surface area contributed by atoms with Crippen molar-refractivity contribution in [3.63, 3.8) is 0 Å². The predicted octanol–water partition coefficient (Wildman–Crippen LogP) is 3.30. The Morgan fingerprint density at radius 3 is 2.43 bits per heavy atom. The van der Waals surface area contributed by atoms with E-state index in [-0.39, 0.29) is 5.91 Å². The summed E-state index contributed by atoms with van der Waals surface area (Å²) >= 11 is 5.98. The first-order chi connectivity index (χ1) is 11.2. The van der Waals surface area contributed by atoms with Crippen LogP contribution >= 0.6 is 11.6 Å². The van der Waals surface area contributed by atoms with Crippen molar-refractivity contribution in [3.8, 4) is 0 Å². The second-order valence-electron chi connectivity index (χ2n) is 6.05. The van der Waals surface area contributed by atoms with Gasteiger partial charge in [-0.25, -0.2) is 9.97 Å². The first-order valence-electron chi connectivity index (χ1n) is 7.99. The summed E-state index contributed by atoms with van der Waals surface area (Å²) < 4.78 is 0. The first-order valence-corrected chi connectivity index (χ1v) is 8.37. The summed E-state index contributed by atoms with van der Waals surface area (Å²) in [5, 5.41) is 3.80. The zero-order chi connectivity index (χ0) is 16.1. The normalized spacial score (nSPS) is 16.2. The summed E-state index contributed by atoms with van der Waals surface area (Å²) in [6, 6.07) is 7.70. The standard InChI is InChI=1S/C18H20ClN3O/c19-16-5-3-15(4-6-16)18(8-1-2-9-18)17(23)22-10-7-14-11-20-13-21-12-14/h3-6,11-13H,1-2,7-10H2,(H,22,23). The molecule has 0 aliphatic heterocycles. The lowest BCUT2D eigenvalue weighted by atomic mass is 9.78. The fraction of sp³-hybridized carbons (Fsp3) is 0.389. The van der Waals surface area contributed by atoms with E-state index < -0.39 is 5.41 Å². The second-order valence-corrected chi connectivity index (χ2v) is 6.49. The molecule has 120 valence electrons. The van der Waals surface area contributed by atoms with Crippen LogP contribution in [0.15, 0.2) is 43.0 Å². The van der Waals surface area contributed by atoms with E-state index in [9.17, 15) is 4.79 Å². The average molecular weight is 330 g/mol. The Labute approximate surface area is 141 Å². The summed E-state index contributed by atoms with van der Waals surface area (Å²) in [5.74, 6) is 0.120. The van der Waals surface area contributed by atoms with Crippen LogP contribution in [0.5, 0.6) is 0 Å². The van der Waals surface area contributed by atoms with Crippen molar-refractivity contribution in [1.82, 2.24) is 15.3 Å². The van der Waals surface area contributed by atoms with Gasteiger partial charge in [0.1, 0.15) is 6.33 Å². The van der Waals surface area contributed by atoms with Gasteiger partial charge in [-0.2, -0.15) is 0 Å². The van der Waals surface area contributed by atoms with Gasteiger partial charge >= 0.3 is 0 Å². The molecule has 0 bridgehead atoms. The predicted molar refractivity (Wildman–Crippen MR) is 90.3 cm³/mol. The molecule has 0 radical (unpaired) electrons. The highest BCUT2D eigenvalue weighted by Crippen LogP contribution is 2.41. The Kier molecular flexibility index (Phi) is 4.91. The first kappa shape index (κ1) is 15.9. The number of rotatable bonds is 5. The monoisotopic (exact) mass is 329 g/mol. The topological polar surface area (TPSA) is 54.9 Å². The van der Waals surface area contributed by atoms with E-state index in [4.69, 9.17) is 11.6 Å². The molecule has 0 unspecified atom stereocenters. The molecular formula is C18H20ClN3O. The van der Waals surface area contributed by atoms with E-state index in [0.717, 1.165) is 43.2 Å². The molecule has 23 heavy (non-hydrogen) atoms. The van der Waals surface area contributed by atoms with Crippen LogP contribution in [0.2, 0.25) is 5.02 Å². The van der Waals surface area contributed by atoms with Crippen molar-refractivity contribution < 1.29 is 4.79 Å². The minimum absolute atomic E-state index is 0.120. The summed E-state index contributed by atoms with van der Waals surface area (Å²) in [4.78, 5) is 20.9. The van der Waals surface area contributed by atoms with E-state index in [1.54, 1.807) is 12.4 Å². The van der Waals surface area contributed by atoms with Crippen LogP contribution in [0, 0.1) is 0 Å².